The van der Waals surface area contributed by atoms with Gasteiger partial charge >= 0.3 is 0 Å². The first-order chi connectivity index (χ1) is 7.04. The third-order valence-corrected chi connectivity index (χ3v) is 2.60. The molecule has 1 unspecified atom stereocenters. The Labute approximate surface area is 101 Å². The van der Waals surface area contributed by atoms with E-state index in [-0.39, 0.29) is 0 Å². The second-order valence-electron chi connectivity index (χ2n) is 2.66. The van der Waals surface area contributed by atoms with Crippen molar-refractivity contribution in [3.8, 4) is 0 Å². The molecule has 15 heavy (non-hydrogen) atoms. The Hall–Kier alpha value is -0.770. The van der Waals surface area contributed by atoms with Crippen molar-refractivity contribution in [2.24, 2.45) is 0 Å². The van der Waals surface area contributed by atoms with Gasteiger partial charge in [-0.25, -0.2) is 0 Å². The number of rotatable bonds is 3. The van der Waals surface area contributed by atoms with Crippen molar-refractivity contribution in [2.45, 2.75) is 5.38 Å². The number of nitrogens with one attached hydrogen (secondary N) is 1. The summed E-state index contributed by atoms with van der Waals surface area (Å²) in [5.41, 5.74) is 0.432. The normalized spacial score (nSPS) is 11.9. The number of anilines is 1. The summed E-state index contributed by atoms with van der Waals surface area (Å²) in [6, 6.07) is 4.56. The van der Waals surface area contributed by atoms with Crippen LogP contribution in [0.25, 0.3) is 0 Å². The minimum Gasteiger partial charge on any atom is -0.324 e. The fraction of sp³-hybridized carbons (Fsp3) is 0.111. The van der Waals surface area contributed by atoms with Crippen molar-refractivity contribution in [1.82, 2.24) is 0 Å². The average Bonchev–Trinajstić information content (AvgIpc) is 2.22. The summed E-state index contributed by atoms with van der Waals surface area (Å²) in [6.45, 7) is 0. The lowest BCUT2D eigenvalue weighted by molar-refractivity contribution is -0.119. The Morgan fingerprint density at radius 1 is 1.33 bits per heavy atom. The number of hydrogen-bond acceptors (Lipinski definition) is 2. The number of amides is 1. The summed E-state index contributed by atoms with van der Waals surface area (Å²) in [7, 11) is 0. The van der Waals surface area contributed by atoms with Crippen LogP contribution in [-0.2, 0) is 9.59 Å². The molecular formula is C9H6Cl3NO2. The zero-order valence-corrected chi connectivity index (χ0v) is 9.60. The highest BCUT2D eigenvalue weighted by molar-refractivity contribution is 6.42. The molecule has 0 saturated heterocycles. The predicted octanol–water partition coefficient (Wildman–Crippen LogP) is 2.74. The summed E-state index contributed by atoms with van der Waals surface area (Å²) < 4.78 is 0. The predicted molar refractivity (Wildman–Crippen MR) is 60.8 cm³/mol. The second kappa shape index (κ2) is 5.35. The molecule has 0 aliphatic carbocycles. The van der Waals surface area contributed by atoms with Gasteiger partial charge in [0.25, 0.3) is 0 Å². The SMILES string of the molecule is O=CC(Cl)C(=O)Nc1ccc(Cl)c(Cl)c1. The van der Waals surface area contributed by atoms with E-state index in [9.17, 15) is 9.59 Å². The first-order valence-corrected chi connectivity index (χ1v) is 5.09. The third-order valence-electron chi connectivity index (χ3n) is 1.56. The van der Waals surface area contributed by atoms with Crippen LogP contribution in [0.15, 0.2) is 18.2 Å². The lowest BCUT2D eigenvalue weighted by Crippen LogP contribution is -2.24. The van der Waals surface area contributed by atoms with E-state index in [0.717, 1.165) is 0 Å². The summed E-state index contributed by atoms with van der Waals surface area (Å²) in [5, 5.41) is 1.90. The smallest absolute Gasteiger partial charge is 0.249 e. The molecule has 3 nitrogen and oxygen atoms in total. The van der Waals surface area contributed by atoms with E-state index in [1.807, 2.05) is 0 Å². The maximum absolute atomic E-state index is 11.2. The van der Waals surface area contributed by atoms with Gasteiger partial charge in [-0.1, -0.05) is 23.2 Å². The van der Waals surface area contributed by atoms with E-state index in [2.05, 4.69) is 5.32 Å². The number of halogens is 3. The highest BCUT2D eigenvalue weighted by Crippen LogP contribution is 2.25. The Morgan fingerprint density at radius 2 is 2.00 bits per heavy atom. The van der Waals surface area contributed by atoms with Crippen molar-refractivity contribution in [2.75, 3.05) is 5.32 Å². The van der Waals surface area contributed by atoms with E-state index in [1.54, 1.807) is 6.07 Å². The molecule has 6 heteroatoms. The second-order valence-corrected chi connectivity index (χ2v) is 3.94. The first-order valence-electron chi connectivity index (χ1n) is 3.90. The number of carbonyl (C=O) groups excluding carboxylic acids is 2. The van der Waals surface area contributed by atoms with Gasteiger partial charge in [-0.2, -0.15) is 0 Å². The maximum atomic E-state index is 11.2. The highest BCUT2D eigenvalue weighted by atomic mass is 35.5. The minimum atomic E-state index is -1.21. The van der Waals surface area contributed by atoms with E-state index < -0.39 is 11.3 Å². The van der Waals surface area contributed by atoms with Gasteiger partial charge in [0.1, 0.15) is 6.29 Å². The molecule has 1 N–H and O–H groups in total. The molecule has 1 aromatic carbocycles. The summed E-state index contributed by atoms with van der Waals surface area (Å²) >= 11 is 16.8. The van der Waals surface area contributed by atoms with E-state index in [1.165, 1.54) is 12.1 Å². The lowest BCUT2D eigenvalue weighted by Gasteiger charge is -2.06. The summed E-state index contributed by atoms with van der Waals surface area (Å²) in [6.07, 6.45) is 0.342. The quantitative estimate of drug-likeness (QED) is 0.519. The molecule has 0 saturated carbocycles. The first kappa shape index (κ1) is 12.3. The molecule has 1 rings (SSSR count). The fourth-order valence-electron chi connectivity index (χ4n) is 0.847. The topological polar surface area (TPSA) is 46.2 Å². The van der Waals surface area contributed by atoms with E-state index >= 15 is 0 Å². The molecule has 0 aromatic heterocycles. The van der Waals surface area contributed by atoms with Crippen LogP contribution >= 0.6 is 34.8 Å². The van der Waals surface area contributed by atoms with E-state index in [0.29, 0.717) is 22.0 Å². The van der Waals surface area contributed by atoms with Gasteiger partial charge in [-0.3, -0.25) is 4.79 Å². The summed E-state index contributed by atoms with van der Waals surface area (Å²) in [4.78, 5) is 21.4. The number of alkyl halides is 1. The van der Waals surface area contributed by atoms with Gasteiger partial charge in [0.05, 0.1) is 10.0 Å². The van der Waals surface area contributed by atoms with Crippen LogP contribution in [0.2, 0.25) is 10.0 Å². The molecule has 0 radical (unpaired) electrons. The van der Waals surface area contributed by atoms with Gasteiger partial charge in [-0.05, 0) is 18.2 Å². The standard InChI is InChI=1S/C9H6Cl3NO2/c10-6-2-1-5(3-7(6)11)13-9(15)8(12)4-14/h1-4,8H,(H,13,15). The van der Waals surface area contributed by atoms with Crippen LogP contribution in [0, 0.1) is 0 Å². The van der Waals surface area contributed by atoms with Crippen molar-refractivity contribution in [3.05, 3.63) is 28.2 Å². The molecular weight excluding hydrogens is 260 g/mol. The molecule has 0 heterocycles. The molecule has 1 atom stereocenters. The lowest BCUT2D eigenvalue weighted by atomic mass is 10.3. The number of benzene rings is 1. The van der Waals surface area contributed by atoms with E-state index in [4.69, 9.17) is 34.8 Å². The van der Waals surface area contributed by atoms with Gasteiger partial charge < -0.3 is 10.1 Å². The summed E-state index contributed by atoms with van der Waals surface area (Å²) in [5.74, 6) is -0.606. The number of hydrogen-bond donors (Lipinski definition) is 1. The van der Waals surface area contributed by atoms with Crippen LogP contribution < -0.4 is 5.32 Å². The van der Waals surface area contributed by atoms with Gasteiger partial charge in [0.15, 0.2) is 5.38 Å². The molecule has 0 fully saturated rings. The van der Waals surface area contributed by atoms with Gasteiger partial charge in [-0.15, -0.1) is 11.6 Å². The van der Waals surface area contributed by atoms with Crippen LogP contribution in [0.1, 0.15) is 0 Å². The highest BCUT2D eigenvalue weighted by Gasteiger charge is 2.14. The maximum Gasteiger partial charge on any atom is 0.249 e. The molecule has 0 bridgehead atoms. The fourth-order valence-corrected chi connectivity index (χ4v) is 1.20. The van der Waals surface area contributed by atoms with Crippen molar-refractivity contribution < 1.29 is 9.59 Å². The Kier molecular flexibility index (Phi) is 4.39. The van der Waals surface area contributed by atoms with Gasteiger partial charge in [0, 0.05) is 5.69 Å². The molecule has 0 aliphatic heterocycles. The molecule has 1 aromatic rings. The third kappa shape index (κ3) is 3.38. The zero-order valence-electron chi connectivity index (χ0n) is 7.34. The minimum absolute atomic E-state index is 0.312. The van der Waals surface area contributed by atoms with Crippen molar-refractivity contribution in [3.63, 3.8) is 0 Å². The van der Waals surface area contributed by atoms with Crippen LogP contribution in [0.4, 0.5) is 5.69 Å². The zero-order chi connectivity index (χ0) is 11.4. The number of aldehydes is 1. The monoisotopic (exact) mass is 265 g/mol. The average molecular weight is 267 g/mol. The van der Waals surface area contributed by atoms with Crippen LogP contribution in [0.3, 0.4) is 0 Å². The Bertz CT molecular complexity index is 395. The Balaban J connectivity index is 2.77. The molecule has 80 valence electrons. The molecule has 0 spiro atoms. The van der Waals surface area contributed by atoms with Crippen LogP contribution in [-0.4, -0.2) is 17.6 Å². The largest absolute Gasteiger partial charge is 0.324 e. The van der Waals surface area contributed by atoms with Crippen LogP contribution in [0.5, 0.6) is 0 Å². The van der Waals surface area contributed by atoms with Crippen molar-refractivity contribution in [1.29, 1.82) is 0 Å². The van der Waals surface area contributed by atoms with Crippen molar-refractivity contribution >= 4 is 52.7 Å². The Morgan fingerprint density at radius 3 is 2.53 bits per heavy atom. The van der Waals surface area contributed by atoms with Gasteiger partial charge in [0.2, 0.25) is 5.91 Å². The molecule has 0 aliphatic rings. The molecule has 1 amide bonds. The number of carbonyl (C=O) groups is 2.